The quantitative estimate of drug-likeness (QED) is 0.737. The van der Waals surface area contributed by atoms with Gasteiger partial charge in [0, 0.05) is 12.7 Å². The van der Waals surface area contributed by atoms with Gasteiger partial charge >= 0.3 is 0 Å². The lowest BCUT2D eigenvalue weighted by atomic mass is 10.3. The molecule has 0 spiro atoms. The Labute approximate surface area is 75.7 Å². The molecule has 1 aromatic heterocycles. The maximum Gasteiger partial charge on any atom is 0.228 e. The Balaban J connectivity index is 2.92. The van der Waals surface area contributed by atoms with Gasteiger partial charge in [0.2, 0.25) is 14.2 Å². The van der Waals surface area contributed by atoms with Gasteiger partial charge in [-0.2, -0.15) is 4.37 Å². The predicted octanol–water partition coefficient (Wildman–Crippen LogP) is 0.894. The highest BCUT2D eigenvalue weighted by molar-refractivity contribution is 7.92. The van der Waals surface area contributed by atoms with Gasteiger partial charge in [-0.15, -0.1) is 0 Å². The number of aryl methyl sites for hydroxylation is 1. The number of aromatic nitrogens is 2. The van der Waals surface area contributed by atoms with Crippen LogP contribution in [0.3, 0.4) is 0 Å². The lowest BCUT2D eigenvalue weighted by Gasteiger charge is -1.87. The molecule has 68 valence electrons. The number of rotatable bonds is 3. The second-order valence-corrected chi connectivity index (χ2v) is 5.44. The van der Waals surface area contributed by atoms with Crippen LogP contribution in [0.4, 0.5) is 0 Å². The standard InChI is InChI=1S/C6H10N2O2S2/c1-3-4-5-7-6(11-8-5)12(2,9)10/h3-4H2,1-2H3. The van der Waals surface area contributed by atoms with Crippen LogP contribution < -0.4 is 0 Å². The molecular weight excluding hydrogens is 196 g/mol. The van der Waals surface area contributed by atoms with Crippen LogP contribution in [0.15, 0.2) is 4.34 Å². The maximum absolute atomic E-state index is 11.0. The van der Waals surface area contributed by atoms with Gasteiger partial charge in [0.15, 0.2) is 0 Å². The van der Waals surface area contributed by atoms with Crippen molar-refractivity contribution in [2.24, 2.45) is 0 Å². The third-order valence-corrected chi connectivity index (χ3v) is 3.65. The monoisotopic (exact) mass is 206 g/mol. The molecule has 1 aromatic rings. The van der Waals surface area contributed by atoms with E-state index in [1.54, 1.807) is 0 Å². The highest BCUT2D eigenvalue weighted by atomic mass is 32.2. The van der Waals surface area contributed by atoms with Crippen LogP contribution in [0.25, 0.3) is 0 Å². The summed E-state index contributed by atoms with van der Waals surface area (Å²) in [6, 6.07) is 0. The fourth-order valence-electron chi connectivity index (χ4n) is 0.714. The molecule has 0 bridgehead atoms. The fourth-order valence-corrected chi connectivity index (χ4v) is 2.10. The number of hydrogen-bond donors (Lipinski definition) is 0. The van der Waals surface area contributed by atoms with Crippen molar-refractivity contribution in [2.75, 3.05) is 6.26 Å². The van der Waals surface area contributed by atoms with E-state index >= 15 is 0 Å². The molecule has 6 heteroatoms. The first-order valence-corrected chi connectivity index (χ1v) is 6.23. The first kappa shape index (κ1) is 9.60. The van der Waals surface area contributed by atoms with Crippen molar-refractivity contribution >= 4 is 21.4 Å². The molecule has 0 aromatic carbocycles. The van der Waals surface area contributed by atoms with Crippen LogP contribution in [0.2, 0.25) is 0 Å². The van der Waals surface area contributed by atoms with E-state index in [0.29, 0.717) is 5.82 Å². The molecule has 0 radical (unpaired) electrons. The van der Waals surface area contributed by atoms with Crippen molar-refractivity contribution in [3.63, 3.8) is 0 Å². The van der Waals surface area contributed by atoms with Gasteiger partial charge in [0.25, 0.3) is 0 Å². The molecule has 0 N–H and O–H groups in total. The molecule has 0 unspecified atom stereocenters. The van der Waals surface area contributed by atoms with E-state index < -0.39 is 9.84 Å². The second kappa shape index (κ2) is 3.49. The number of nitrogens with zero attached hydrogens (tertiary/aromatic N) is 2. The lowest BCUT2D eigenvalue weighted by Crippen LogP contribution is -1.96. The zero-order valence-corrected chi connectivity index (χ0v) is 8.57. The van der Waals surface area contributed by atoms with Crippen molar-refractivity contribution in [2.45, 2.75) is 24.1 Å². The molecule has 0 atom stereocenters. The predicted molar refractivity (Wildman–Crippen MR) is 47.0 cm³/mol. The molecule has 4 nitrogen and oxygen atoms in total. The molecule has 0 saturated heterocycles. The van der Waals surface area contributed by atoms with Gasteiger partial charge in [-0.1, -0.05) is 6.92 Å². The second-order valence-electron chi connectivity index (χ2n) is 2.50. The van der Waals surface area contributed by atoms with E-state index in [-0.39, 0.29) is 4.34 Å². The van der Waals surface area contributed by atoms with Crippen LogP contribution in [0.5, 0.6) is 0 Å². The molecule has 1 rings (SSSR count). The summed E-state index contributed by atoms with van der Waals surface area (Å²) in [5.41, 5.74) is 0. The minimum Gasteiger partial charge on any atom is -0.221 e. The van der Waals surface area contributed by atoms with E-state index in [1.165, 1.54) is 0 Å². The lowest BCUT2D eigenvalue weighted by molar-refractivity contribution is 0.600. The Morgan fingerprint density at radius 1 is 1.50 bits per heavy atom. The van der Waals surface area contributed by atoms with Gasteiger partial charge in [-0.25, -0.2) is 13.4 Å². The van der Waals surface area contributed by atoms with Gasteiger partial charge in [0.1, 0.15) is 5.82 Å². The molecule has 0 saturated carbocycles. The molecule has 0 aliphatic heterocycles. The number of sulfone groups is 1. The zero-order valence-electron chi connectivity index (χ0n) is 6.94. The maximum atomic E-state index is 11.0. The minimum absolute atomic E-state index is 0.117. The number of hydrogen-bond acceptors (Lipinski definition) is 5. The van der Waals surface area contributed by atoms with Gasteiger partial charge in [-0.05, 0) is 18.0 Å². The Morgan fingerprint density at radius 2 is 2.17 bits per heavy atom. The van der Waals surface area contributed by atoms with Crippen molar-refractivity contribution in [1.82, 2.24) is 9.36 Å². The molecule has 12 heavy (non-hydrogen) atoms. The third-order valence-electron chi connectivity index (χ3n) is 1.24. The average molecular weight is 206 g/mol. The SMILES string of the molecule is CCCc1nsc(S(C)(=O)=O)n1. The van der Waals surface area contributed by atoms with Crippen LogP contribution in [-0.2, 0) is 16.3 Å². The molecular formula is C6H10N2O2S2. The Bertz CT molecular complexity index is 355. The third kappa shape index (κ3) is 2.25. The fraction of sp³-hybridized carbons (Fsp3) is 0.667. The highest BCUT2D eigenvalue weighted by Gasteiger charge is 2.13. The summed E-state index contributed by atoms with van der Waals surface area (Å²) >= 11 is 0.947. The first-order chi connectivity index (χ1) is 5.54. The summed E-state index contributed by atoms with van der Waals surface area (Å²) in [4.78, 5) is 3.89. The van der Waals surface area contributed by atoms with E-state index in [9.17, 15) is 8.42 Å². The summed E-state index contributed by atoms with van der Waals surface area (Å²) in [6.07, 6.45) is 2.81. The molecule has 0 aliphatic carbocycles. The molecule has 0 fully saturated rings. The topological polar surface area (TPSA) is 59.9 Å². The van der Waals surface area contributed by atoms with Crippen LogP contribution in [0.1, 0.15) is 19.2 Å². The van der Waals surface area contributed by atoms with E-state index in [1.807, 2.05) is 6.92 Å². The van der Waals surface area contributed by atoms with Crippen molar-refractivity contribution in [1.29, 1.82) is 0 Å². The molecule has 0 aliphatic rings. The molecule has 1 heterocycles. The van der Waals surface area contributed by atoms with E-state index in [0.717, 1.165) is 30.6 Å². The van der Waals surface area contributed by atoms with Gasteiger partial charge in [-0.3, -0.25) is 0 Å². The van der Waals surface area contributed by atoms with Crippen LogP contribution >= 0.6 is 11.5 Å². The average Bonchev–Trinajstić information content (AvgIpc) is 2.35. The largest absolute Gasteiger partial charge is 0.228 e. The van der Waals surface area contributed by atoms with Crippen molar-refractivity contribution in [3.8, 4) is 0 Å². The van der Waals surface area contributed by atoms with E-state index in [2.05, 4.69) is 9.36 Å². The summed E-state index contributed by atoms with van der Waals surface area (Å²) in [5, 5.41) is 0. The van der Waals surface area contributed by atoms with Crippen LogP contribution in [-0.4, -0.2) is 24.0 Å². The Hall–Kier alpha value is -0.490. The smallest absolute Gasteiger partial charge is 0.221 e. The normalized spacial score (nSPS) is 11.8. The van der Waals surface area contributed by atoms with E-state index in [4.69, 9.17) is 0 Å². The summed E-state index contributed by atoms with van der Waals surface area (Å²) < 4.78 is 26.0. The van der Waals surface area contributed by atoms with Crippen molar-refractivity contribution in [3.05, 3.63) is 5.82 Å². The zero-order chi connectivity index (χ0) is 9.19. The Morgan fingerprint density at radius 3 is 2.58 bits per heavy atom. The van der Waals surface area contributed by atoms with Crippen molar-refractivity contribution < 1.29 is 8.42 Å². The Kier molecular flexibility index (Phi) is 2.79. The summed E-state index contributed by atoms with van der Waals surface area (Å²) in [7, 11) is -3.16. The summed E-state index contributed by atoms with van der Waals surface area (Å²) in [6.45, 7) is 2.00. The first-order valence-electron chi connectivity index (χ1n) is 3.56. The minimum atomic E-state index is -3.16. The van der Waals surface area contributed by atoms with Gasteiger partial charge in [0.05, 0.1) is 0 Å². The molecule has 0 amide bonds. The van der Waals surface area contributed by atoms with Crippen LogP contribution in [0, 0.1) is 0 Å². The summed E-state index contributed by atoms with van der Waals surface area (Å²) in [5.74, 6) is 0.628. The van der Waals surface area contributed by atoms with Gasteiger partial charge < -0.3 is 0 Å². The highest BCUT2D eigenvalue weighted by Crippen LogP contribution is 2.12.